The number of nitrogens with one attached hydrogen (secondary N) is 1. The van der Waals surface area contributed by atoms with Crippen molar-refractivity contribution in [2.45, 2.75) is 32.4 Å². The molecule has 0 radical (unpaired) electrons. The van der Waals surface area contributed by atoms with E-state index in [1.54, 1.807) is 11.9 Å². The molecule has 100 valence electrons. The van der Waals surface area contributed by atoms with Gasteiger partial charge in [-0.25, -0.2) is 4.79 Å². The normalized spacial score (nSPS) is 13.8. The maximum atomic E-state index is 12.0. The van der Waals surface area contributed by atoms with E-state index in [4.69, 9.17) is 5.73 Å². The molecule has 0 aromatic heterocycles. The van der Waals surface area contributed by atoms with Crippen LogP contribution in [0.25, 0.3) is 0 Å². The van der Waals surface area contributed by atoms with E-state index in [0.29, 0.717) is 13.1 Å². The molecule has 0 aliphatic rings. The fourth-order valence-corrected chi connectivity index (χ4v) is 1.66. The van der Waals surface area contributed by atoms with Crippen LogP contribution in [0.15, 0.2) is 30.3 Å². The molecule has 3 N–H and O–H groups in total. The number of hydrogen-bond acceptors (Lipinski definition) is 2. The summed E-state index contributed by atoms with van der Waals surface area (Å²) in [4.78, 5) is 13.7. The van der Waals surface area contributed by atoms with Crippen molar-refractivity contribution in [3.63, 3.8) is 0 Å². The average Bonchev–Trinajstić information content (AvgIpc) is 2.44. The molecule has 4 nitrogen and oxygen atoms in total. The van der Waals surface area contributed by atoms with Crippen molar-refractivity contribution in [2.75, 3.05) is 13.6 Å². The molecule has 0 aliphatic heterocycles. The third-order valence-electron chi connectivity index (χ3n) is 3.60. The molecular formula is C14H23N3O. The quantitative estimate of drug-likeness (QED) is 0.838. The Balaban J connectivity index is 2.55. The van der Waals surface area contributed by atoms with Crippen LogP contribution in [0, 0.1) is 0 Å². The molecule has 0 saturated carbocycles. The number of rotatable bonds is 5. The van der Waals surface area contributed by atoms with E-state index in [-0.39, 0.29) is 11.6 Å². The summed E-state index contributed by atoms with van der Waals surface area (Å²) in [5.41, 5.74) is 6.54. The van der Waals surface area contributed by atoms with Crippen LogP contribution in [0.4, 0.5) is 4.79 Å². The van der Waals surface area contributed by atoms with Crippen molar-refractivity contribution in [3.8, 4) is 0 Å². The molecule has 0 bridgehead atoms. The Labute approximate surface area is 109 Å². The van der Waals surface area contributed by atoms with Gasteiger partial charge in [-0.15, -0.1) is 0 Å². The summed E-state index contributed by atoms with van der Waals surface area (Å²) in [5.74, 6) is 0. The van der Waals surface area contributed by atoms with Gasteiger partial charge in [-0.1, -0.05) is 37.3 Å². The first kappa shape index (κ1) is 14.5. The van der Waals surface area contributed by atoms with Gasteiger partial charge in [0.05, 0.1) is 5.54 Å². The van der Waals surface area contributed by atoms with Gasteiger partial charge in [0.15, 0.2) is 0 Å². The number of nitrogens with two attached hydrogens (primary N) is 1. The summed E-state index contributed by atoms with van der Waals surface area (Å²) in [6.07, 6.45) is 0.832. The monoisotopic (exact) mass is 249 g/mol. The highest BCUT2D eigenvalue weighted by atomic mass is 16.2. The zero-order chi connectivity index (χ0) is 13.6. The van der Waals surface area contributed by atoms with Crippen molar-refractivity contribution < 1.29 is 4.79 Å². The van der Waals surface area contributed by atoms with Crippen molar-refractivity contribution in [2.24, 2.45) is 5.73 Å². The van der Waals surface area contributed by atoms with Crippen LogP contribution >= 0.6 is 0 Å². The summed E-state index contributed by atoms with van der Waals surface area (Å²) in [6.45, 7) is 5.02. The van der Waals surface area contributed by atoms with Crippen LogP contribution in [0.5, 0.6) is 0 Å². The smallest absolute Gasteiger partial charge is 0.317 e. The van der Waals surface area contributed by atoms with E-state index in [9.17, 15) is 4.79 Å². The van der Waals surface area contributed by atoms with Gasteiger partial charge in [0.1, 0.15) is 0 Å². The lowest BCUT2D eigenvalue weighted by molar-refractivity contribution is 0.146. The Kier molecular flexibility index (Phi) is 5.16. The lowest BCUT2D eigenvalue weighted by Crippen LogP contribution is -2.54. The Morgan fingerprint density at radius 1 is 1.39 bits per heavy atom. The number of nitrogens with zero attached hydrogens (tertiary/aromatic N) is 1. The molecule has 0 aliphatic carbocycles. The fraction of sp³-hybridized carbons (Fsp3) is 0.500. The first-order valence-electron chi connectivity index (χ1n) is 6.29. The largest absolute Gasteiger partial charge is 0.334 e. The zero-order valence-electron chi connectivity index (χ0n) is 11.4. The highest BCUT2D eigenvalue weighted by Gasteiger charge is 2.29. The number of likely N-dealkylation sites (N-methyl/N-ethyl adjacent to an activating group) is 1. The predicted octanol–water partition coefficient (Wildman–Crippen LogP) is 1.96. The van der Waals surface area contributed by atoms with E-state index in [1.165, 1.54) is 0 Å². The van der Waals surface area contributed by atoms with Crippen LogP contribution in [0.2, 0.25) is 0 Å². The first-order chi connectivity index (χ1) is 8.53. The van der Waals surface area contributed by atoms with Gasteiger partial charge in [-0.3, -0.25) is 0 Å². The Bertz CT molecular complexity index is 374. The number of benzene rings is 1. The molecule has 1 aromatic rings. The molecule has 4 heteroatoms. The summed E-state index contributed by atoms with van der Waals surface area (Å²) in [7, 11) is 1.79. The summed E-state index contributed by atoms with van der Waals surface area (Å²) < 4.78 is 0. The number of amides is 2. The van der Waals surface area contributed by atoms with Gasteiger partial charge in [-0.2, -0.15) is 0 Å². The fourth-order valence-electron chi connectivity index (χ4n) is 1.66. The Morgan fingerprint density at radius 3 is 2.50 bits per heavy atom. The molecule has 1 unspecified atom stereocenters. The highest BCUT2D eigenvalue weighted by Crippen LogP contribution is 2.15. The molecule has 1 rings (SSSR count). The number of carbonyl (C=O) groups is 1. The molecule has 1 aromatic carbocycles. The third-order valence-corrected chi connectivity index (χ3v) is 3.60. The molecule has 2 amide bonds. The van der Waals surface area contributed by atoms with Crippen LogP contribution in [0.3, 0.4) is 0 Å². The minimum atomic E-state index is -0.291. The van der Waals surface area contributed by atoms with Crippen LogP contribution in [-0.4, -0.2) is 30.1 Å². The van der Waals surface area contributed by atoms with E-state index >= 15 is 0 Å². The minimum Gasteiger partial charge on any atom is -0.334 e. The van der Waals surface area contributed by atoms with E-state index in [1.807, 2.05) is 44.2 Å². The lowest BCUT2D eigenvalue weighted by atomic mass is 9.97. The predicted molar refractivity (Wildman–Crippen MR) is 74.2 cm³/mol. The molecule has 0 fully saturated rings. The minimum absolute atomic E-state index is 0.0892. The van der Waals surface area contributed by atoms with Gasteiger partial charge >= 0.3 is 6.03 Å². The molecule has 0 spiro atoms. The second-order valence-corrected chi connectivity index (χ2v) is 4.76. The summed E-state index contributed by atoms with van der Waals surface area (Å²) in [6, 6.07) is 9.76. The Morgan fingerprint density at radius 2 is 2.00 bits per heavy atom. The van der Waals surface area contributed by atoms with E-state index < -0.39 is 0 Å². The topological polar surface area (TPSA) is 58.4 Å². The number of urea groups is 1. The SMILES string of the molecule is CCC(C)(CN)N(C)C(=O)NCc1ccccc1. The lowest BCUT2D eigenvalue weighted by Gasteiger charge is -2.37. The van der Waals surface area contributed by atoms with Crippen molar-refractivity contribution >= 4 is 6.03 Å². The van der Waals surface area contributed by atoms with Gasteiger partial charge in [0.25, 0.3) is 0 Å². The van der Waals surface area contributed by atoms with E-state index in [2.05, 4.69) is 5.32 Å². The maximum Gasteiger partial charge on any atom is 0.317 e. The standard InChI is InChI=1S/C14H23N3O/c1-4-14(2,11-15)17(3)13(18)16-10-12-8-6-5-7-9-12/h5-9H,4,10-11,15H2,1-3H3,(H,16,18). The molecule has 0 saturated heterocycles. The molecular weight excluding hydrogens is 226 g/mol. The average molecular weight is 249 g/mol. The molecule has 1 atom stereocenters. The van der Waals surface area contributed by atoms with E-state index in [0.717, 1.165) is 12.0 Å². The number of carbonyl (C=O) groups excluding carboxylic acids is 1. The maximum absolute atomic E-state index is 12.0. The third kappa shape index (κ3) is 3.47. The van der Waals surface area contributed by atoms with Gasteiger partial charge < -0.3 is 16.0 Å². The van der Waals surface area contributed by atoms with Crippen molar-refractivity contribution in [1.29, 1.82) is 0 Å². The molecule has 18 heavy (non-hydrogen) atoms. The van der Waals surface area contributed by atoms with Crippen LogP contribution in [-0.2, 0) is 6.54 Å². The second-order valence-electron chi connectivity index (χ2n) is 4.76. The first-order valence-corrected chi connectivity index (χ1v) is 6.29. The number of hydrogen-bond donors (Lipinski definition) is 2. The summed E-state index contributed by atoms with van der Waals surface area (Å²) >= 11 is 0. The summed E-state index contributed by atoms with van der Waals surface area (Å²) in [5, 5.41) is 2.90. The van der Waals surface area contributed by atoms with Crippen LogP contribution < -0.4 is 11.1 Å². The van der Waals surface area contributed by atoms with Crippen molar-refractivity contribution in [1.82, 2.24) is 10.2 Å². The molecule has 0 heterocycles. The van der Waals surface area contributed by atoms with Crippen LogP contribution in [0.1, 0.15) is 25.8 Å². The van der Waals surface area contributed by atoms with Crippen molar-refractivity contribution in [3.05, 3.63) is 35.9 Å². The zero-order valence-corrected chi connectivity index (χ0v) is 11.4. The van der Waals surface area contributed by atoms with Gasteiger partial charge in [0, 0.05) is 20.1 Å². The highest BCUT2D eigenvalue weighted by molar-refractivity contribution is 5.74. The second kappa shape index (κ2) is 6.40. The van der Waals surface area contributed by atoms with Gasteiger partial charge in [0.2, 0.25) is 0 Å². The Hall–Kier alpha value is -1.55. The van der Waals surface area contributed by atoms with Gasteiger partial charge in [-0.05, 0) is 18.9 Å².